The molecule has 0 saturated carbocycles. The molecule has 0 amide bonds. The van der Waals surface area contributed by atoms with E-state index in [4.69, 9.17) is 11.6 Å². The molecule has 3 heteroatoms. The summed E-state index contributed by atoms with van der Waals surface area (Å²) in [7, 11) is 0. The molecule has 3 rings (SSSR count). The van der Waals surface area contributed by atoms with Crippen molar-refractivity contribution in [3.05, 3.63) is 68.9 Å². The number of fused-ring (bicyclic) bond motifs is 1. The van der Waals surface area contributed by atoms with Crippen LogP contribution in [0.25, 0.3) is 10.8 Å². The molecule has 1 nitrogen and oxygen atoms in total. The Morgan fingerprint density at radius 2 is 1.90 bits per heavy atom. The molecule has 0 spiro atoms. The third-order valence-electron chi connectivity index (χ3n) is 3.52. The number of benzene rings is 2. The molecule has 2 aromatic carbocycles. The third-order valence-corrected chi connectivity index (χ3v) is 5.34. The standard InChI is InChI=1S/C17H15ClOS/c1-11-10-20-17(16(11)18)15(19)9-13-7-4-6-12-5-2-3-8-14(12)13/h2-8,10,15,19H,9H2,1H3. The quantitative estimate of drug-likeness (QED) is 0.710. The summed E-state index contributed by atoms with van der Waals surface area (Å²) in [6.07, 6.45) is 0.0353. The van der Waals surface area contributed by atoms with Crippen molar-refractivity contribution in [2.45, 2.75) is 19.4 Å². The predicted molar refractivity (Wildman–Crippen MR) is 86.7 cm³/mol. The Hall–Kier alpha value is -1.35. The molecule has 20 heavy (non-hydrogen) atoms. The average Bonchev–Trinajstić information content (AvgIpc) is 2.79. The number of aliphatic hydroxyl groups is 1. The molecule has 0 bridgehead atoms. The zero-order valence-corrected chi connectivity index (χ0v) is 12.7. The van der Waals surface area contributed by atoms with Gasteiger partial charge in [-0.15, -0.1) is 11.3 Å². The first-order valence-electron chi connectivity index (χ1n) is 6.55. The van der Waals surface area contributed by atoms with Gasteiger partial charge in [-0.05, 0) is 34.2 Å². The number of thiophene rings is 1. The first kappa shape index (κ1) is 13.6. The van der Waals surface area contributed by atoms with Crippen LogP contribution in [0, 0.1) is 6.92 Å². The van der Waals surface area contributed by atoms with Crippen molar-refractivity contribution in [3.8, 4) is 0 Å². The Labute approximate surface area is 127 Å². The maximum absolute atomic E-state index is 10.5. The predicted octanol–water partition coefficient (Wildman–Crippen LogP) is 5.14. The van der Waals surface area contributed by atoms with E-state index < -0.39 is 6.10 Å². The summed E-state index contributed by atoms with van der Waals surface area (Å²) >= 11 is 7.77. The van der Waals surface area contributed by atoms with Gasteiger partial charge in [0.05, 0.1) is 16.0 Å². The molecule has 0 aliphatic rings. The van der Waals surface area contributed by atoms with E-state index in [0.717, 1.165) is 16.0 Å². The highest BCUT2D eigenvalue weighted by Crippen LogP contribution is 2.34. The fourth-order valence-corrected chi connectivity index (χ4v) is 3.75. The second-order valence-electron chi connectivity index (χ2n) is 4.96. The van der Waals surface area contributed by atoms with Gasteiger partial charge >= 0.3 is 0 Å². The number of hydrogen-bond acceptors (Lipinski definition) is 2. The maximum atomic E-state index is 10.5. The highest BCUT2D eigenvalue weighted by Gasteiger charge is 2.16. The number of hydrogen-bond donors (Lipinski definition) is 1. The molecule has 0 aliphatic heterocycles. The monoisotopic (exact) mass is 302 g/mol. The smallest absolute Gasteiger partial charge is 0.0937 e. The van der Waals surface area contributed by atoms with Gasteiger partial charge < -0.3 is 5.11 Å². The Kier molecular flexibility index (Phi) is 3.79. The van der Waals surface area contributed by atoms with Crippen LogP contribution in [0.5, 0.6) is 0 Å². The number of aryl methyl sites for hydroxylation is 1. The Morgan fingerprint density at radius 1 is 1.15 bits per heavy atom. The van der Waals surface area contributed by atoms with Crippen LogP contribution in [-0.2, 0) is 6.42 Å². The first-order valence-corrected chi connectivity index (χ1v) is 7.81. The van der Waals surface area contributed by atoms with E-state index in [9.17, 15) is 5.11 Å². The number of aliphatic hydroxyl groups excluding tert-OH is 1. The van der Waals surface area contributed by atoms with Gasteiger partial charge in [-0.25, -0.2) is 0 Å². The molecule has 3 aromatic rings. The molecular weight excluding hydrogens is 288 g/mol. The topological polar surface area (TPSA) is 20.2 Å². The minimum atomic E-state index is -0.549. The van der Waals surface area contributed by atoms with Crippen LogP contribution in [0.15, 0.2) is 47.8 Å². The summed E-state index contributed by atoms with van der Waals surface area (Å²) in [5, 5.41) is 15.5. The van der Waals surface area contributed by atoms with Crippen molar-refractivity contribution in [1.82, 2.24) is 0 Å². The SMILES string of the molecule is Cc1csc(C(O)Cc2cccc3ccccc23)c1Cl. The molecule has 1 heterocycles. The lowest BCUT2D eigenvalue weighted by molar-refractivity contribution is 0.183. The zero-order valence-electron chi connectivity index (χ0n) is 11.1. The fourth-order valence-electron chi connectivity index (χ4n) is 2.45. The highest BCUT2D eigenvalue weighted by atomic mass is 35.5. The lowest BCUT2D eigenvalue weighted by Crippen LogP contribution is -2.01. The minimum absolute atomic E-state index is 0.549. The van der Waals surface area contributed by atoms with E-state index in [-0.39, 0.29) is 0 Å². The molecule has 1 unspecified atom stereocenters. The molecule has 0 saturated heterocycles. The lowest BCUT2D eigenvalue weighted by Gasteiger charge is -2.12. The van der Waals surface area contributed by atoms with Crippen LogP contribution >= 0.6 is 22.9 Å². The molecule has 1 N–H and O–H groups in total. The largest absolute Gasteiger partial charge is 0.387 e. The second-order valence-corrected chi connectivity index (χ2v) is 6.24. The van der Waals surface area contributed by atoms with Crippen molar-refractivity contribution >= 4 is 33.7 Å². The Balaban J connectivity index is 1.95. The van der Waals surface area contributed by atoms with E-state index in [1.54, 1.807) is 0 Å². The molecule has 0 aliphatic carbocycles. The third kappa shape index (κ3) is 2.47. The van der Waals surface area contributed by atoms with Gasteiger partial charge in [0.25, 0.3) is 0 Å². The van der Waals surface area contributed by atoms with Crippen molar-refractivity contribution in [2.75, 3.05) is 0 Å². The molecule has 0 fully saturated rings. The fraction of sp³-hybridized carbons (Fsp3) is 0.176. The summed E-state index contributed by atoms with van der Waals surface area (Å²) in [6, 6.07) is 14.4. The van der Waals surface area contributed by atoms with E-state index in [1.165, 1.54) is 22.1 Å². The van der Waals surface area contributed by atoms with Gasteiger partial charge in [-0.2, -0.15) is 0 Å². The van der Waals surface area contributed by atoms with Crippen LogP contribution < -0.4 is 0 Å². The summed E-state index contributed by atoms with van der Waals surface area (Å²) in [5.41, 5.74) is 2.18. The van der Waals surface area contributed by atoms with Crippen LogP contribution in [0.1, 0.15) is 22.1 Å². The van der Waals surface area contributed by atoms with E-state index in [0.29, 0.717) is 11.4 Å². The zero-order chi connectivity index (χ0) is 14.1. The summed E-state index contributed by atoms with van der Waals surface area (Å²) < 4.78 is 0. The van der Waals surface area contributed by atoms with Crippen molar-refractivity contribution in [3.63, 3.8) is 0 Å². The van der Waals surface area contributed by atoms with E-state index in [2.05, 4.69) is 24.3 Å². The molecular formula is C17H15ClOS. The second kappa shape index (κ2) is 5.57. The molecule has 0 radical (unpaired) electrons. The van der Waals surface area contributed by atoms with Gasteiger partial charge in [-0.3, -0.25) is 0 Å². The summed E-state index contributed by atoms with van der Waals surface area (Å²) in [4.78, 5) is 0.858. The summed E-state index contributed by atoms with van der Waals surface area (Å²) in [6.45, 7) is 1.97. The maximum Gasteiger partial charge on any atom is 0.0937 e. The van der Waals surface area contributed by atoms with Crippen LogP contribution in [-0.4, -0.2) is 5.11 Å². The van der Waals surface area contributed by atoms with Gasteiger partial charge in [0, 0.05) is 6.42 Å². The van der Waals surface area contributed by atoms with Crippen molar-refractivity contribution in [1.29, 1.82) is 0 Å². The highest BCUT2D eigenvalue weighted by molar-refractivity contribution is 7.10. The van der Waals surface area contributed by atoms with Crippen LogP contribution in [0.2, 0.25) is 5.02 Å². The van der Waals surface area contributed by atoms with Gasteiger partial charge in [-0.1, -0.05) is 54.1 Å². The summed E-state index contributed by atoms with van der Waals surface area (Å²) in [5.74, 6) is 0. The molecule has 1 atom stereocenters. The molecule has 102 valence electrons. The molecule has 1 aromatic heterocycles. The Morgan fingerprint density at radius 3 is 2.65 bits per heavy atom. The van der Waals surface area contributed by atoms with Crippen LogP contribution in [0.4, 0.5) is 0 Å². The first-order chi connectivity index (χ1) is 9.66. The lowest BCUT2D eigenvalue weighted by atomic mass is 9.99. The van der Waals surface area contributed by atoms with E-state index in [1.807, 2.05) is 30.5 Å². The number of halogens is 1. The van der Waals surface area contributed by atoms with E-state index >= 15 is 0 Å². The van der Waals surface area contributed by atoms with Gasteiger partial charge in [0.2, 0.25) is 0 Å². The van der Waals surface area contributed by atoms with Crippen LogP contribution in [0.3, 0.4) is 0 Å². The van der Waals surface area contributed by atoms with Gasteiger partial charge in [0.15, 0.2) is 0 Å². The van der Waals surface area contributed by atoms with Gasteiger partial charge in [0.1, 0.15) is 0 Å². The normalized spacial score (nSPS) is 12.8. The van der Waals surface area contributed by atoms with Crippen molar-refractivity contribution < 1.29 is 5.11 Å². The number of rotatable bonds is 3. The Bertz CT molecular complexity index is 742. The van der Waals surface area contributed by atoms with Crippen molar-refractivity contribution in [2.24, 2.45) is 0 Å². The average molecular weight is 303 g/mol. The minimum Gasteiger partial charge on any atom is -0.387 e.